The zero-order chi connectivity index (χ0) is 26.7. The van der Waals surface area contributed by atoms with Gasteiger partial charge in [0.25, 0.3) is 17.6 Å². The molecule has 188 valence electrons. The Morgan fingerprint density at radius 1 is 0.861 bits per heavy atom. The number of halogens is 6. The average molecular weight is 511 g/mol. The normalized spacial score (nSPS) is 11.5. The standard InChI is InChI=1S/C23H15F6N3O4/c1-30-20(34)18-17(3-2-8-31-18)36-16-6-4-12(5-7-16)19(33)21(35)32-15-10-13(22(24,25)26)9-14(11-15)23(27,28)29/h2-11H,1H3,(H,30,34)(H,32,35). The lowest BCUT2D eigenvalue weighted by Gasteiger charge is -2.14. The van der Waals surface area contributed by atoms with Gasteiger partial charge in [0.15, 0.2) is 11.4 Å². The van der Waals surface area contributed by atoms with Crippen LogP contribution in [0.15, 0.2) is 60.8 Å². The molecule has 13 heteroatoms. The Balaban J connectivity index is 1.78. The number of aromatic nitrogens is 1. The number of carbonyl (C=O) groups is 3. The molecular formula is C23H15F6N3O4. The molecule has 2 aromatic carbocycles. The second-order valence-electron chi connectivity index (χ2n) is 7.13. The number of nitrogens with one attached hydrogen (secondary N) is 2. The summed E-state index contributed by atoms with van der Waals surface area (Å²) in [5, 5.41) is 4.17. The molecule has 3 aromatic rings. The van der Waals surface area contributed by atoms with E-state index in [1.807, 2.05) is 0 Å². The number of anilines is 1. The summed E-state index contributed by atoms with van der Waals surface area (Å²) in [5.41, 5.74) is -4.38. The Bertz CT molecular complexity index is 1270. The van der Waals surface area contributed by atoms with Crippen LogP contribution in [0.1, 0.15) is 32.0 Å². The molecule has 0 saturated heterocycles. The molecule has 0 bridgehead atoms. The summed E-state index contributed by atoms with van der Waals surface area (Å²) in [5.74, 6) is -2.95. The van der Waals surface area contributed by atoms with Gasteiger partial charge in [0, 0.05) is 24.5 Å². The molecule has 1 heterocycles. The Morgan fingerprint density at radius 3 is 1.97 bits per heavy atom. The maximum absolute atomic E-state index is 13.0. The lowest BCUT2D eigenvalue weighted by atomic mass is 10.1. The minimum absolute atomic E-state index is 0.0150. The van der Waals surface area contributed by atoms with E-state index in [4.69, 9.17) is 4.74 Å². The fraction of sp³-hybridized carbons (Fsp3) is 0.130. The number of hydrogen-bond acceptors (Lipinski definition) is 5. The minimum atomic E-state index is -5.12. The SMILES string of the molecule is CNC(=O)c1ncccc1Oc1ccc(C(=O)C(=O)Nc2cc(C(F)(F)F)cc(C(F)(F)F)c2)cc1. The molecule has 0 fully saturated rings. The van der Waals surface area contributed by atoms with Crippen molar-refractivity contribution >= 4 is 23.3 Å². The molecule has 0 unspecified atom stereocenters. The van der Waals surface area contributed by atoms with Crippen LogP contribution in [0.4, 0.5) is 32.0 Å². The highest BCUT2D eigenvalue weighted by Gasteiger charge is 2.37. The molecule has 0 aliphatic carbocycles. The highest BCUT2D eigenvalue weighted by Crippen LogP contribution is 2.37. The molecule has 0 aliphatic rings. The molecule has 2 amide bonds. The quantitative estimate of drug-likeness (QED) is 0.273. The number of Topliss-reactive ketones (excluding diaryl/α,β-unsaturated/α-hetero) is 1. The van der Waals surface area contributed by atoms with E-state index < -0.39 is 46.8 Å². The minimum Gasteiger partial charge on any atom is -0.455 e. The number of hydrogen-bond donors (Lipinski definition) is 2. The molecule has 36 heavy (non-hydrogen) atoms. The number of pyridine rings is 1. The Kier molecular flexibility index (Phi) is 7.32. The second kappa shape index (κ2) is 10.1. The van der Waals surface area contributed by atoms with Gasteiger partial charge in [-0.2, -0.15) is 26.3 Å². The third-order valence-corrected chi connectivity index (χ3v) is 4.61. The van der Waals surface area contributed by atoms with Crippen LogP contribution in [-0.4, -0.2) is 29.6 Å². The van der Waals surface area contributed by atoms with Crippen LogP contribution in [0.2, 0.25) is 0 Å². The van der Waals surface area contributed by atoms with Crippen LogP contribution < -0.4 is 15.4 Å². The zero-order valence-electron chi connectivity index (χ0n) is 18.1. The van der Waals surface area contributed by atoms with Gasteiger partial charge in [-0.25, -0.2) is 4.98 Å². The average Bonchev–Trinajstić information content (AvgIpc) is 2.82. The van der Waals surface area contributed by atoms with Crippen LogP contribution in [0.5, 0.6) is 11.5 Å². The van der Waals surface area contributed by atoms with Crippen molar-refractivity contribution in [2.24, 2.45) is 0 Å². The summed E-state index contributed by atoms with van der Waals surface area (Å²) in [6.07, 6.45) is -8.86. The lowest BCUT2D eigenvalue weighted by Crippen LogP contribution is -2.23. The first-order valence-electron chi connectivity index (χ1n) is 9.90. The van der Waals surface area contributed by atoms with E-state index in [1.54, 1.807) is 5.32 Å². The summed E-state index contributed by atoms with van der Waals surface area (Å²) >= 11 is 0. The van der Waals surface area contributed by atoms with E-state index in [1.165, 1.54) is 37.5 Å². The van der Waals surface area contributed by atoms with Crippen LogP contribution in [0, 0.1) is 0 Å². The van der Waals surface area contributed by atoms with E-state index >= 15 is 0 Å². The van der Waals surface area contributed by atoms with Gasteiger partial charge in [0.1, 0.15) is 5.75 Å². The van der Waals surface area contributed by atoms with Gasteiger partial charge < -0.3 is 15.4 Å². The van der Waals surface area contributed by atoms with Crippen molar-refractivity contribution < 1.29 is 45.5 Å². The summed E-state index contributed by atoms with van der Waals surface area (Å²) in [6, 6.07) is 8.30. The largest absolute Gasteiger partial charge is 0.455 e. The van der Waals surface area contributed by atoms with Crippen molar-refractivity contribution in [3.8, 4) is 11.5 Å². The van der Waals surface area contributed by atoms with Gasteiger partial charge in [0.05, 0.1) is 11.1 Å². The maximum atomic E-state index is 13.0. The third-order valence-electron chi connectivity index (χ3n) is 4.61. The predicted octanol–water partition coefficient (Wildman–Crippen LogP) is 5.09. The van der Waals surface area contributed by atoms with Crippen LogP contribution in [0.3, 0.4) is 0 Å². The van der Waals surface area contributed by atoms with E-state index in [-0.39, 0.29) is 41.0 Å². The zero-order valence-corrected chi connectivity index (χ0v) is 18.1. The Labute approximate surface area is 199 Å². The molecule has 0 saturated carbocycles. The molecule has 0 radical (unpaired) electrons. The molecule has 1 aromatic heterocycles. The fourth-order valence-electron chi connectivity index (χ4n) is 2.91. The van der Waals surface area contributed by atoms with Crippen molar-refractivity contribution in [2.75, 3.05) is 12.4 Å². The van der Waals surface area contributed by atoms with Gasteiger partial charge in [-0.1, -0.05) is 0 Å². The van der Waals surface area contributed by atoms with Crippen molar-refractivity contribution in [3.63, 3.8) is 0 Å². The summed E-state index contributed by atoms with van der Waals surface area (Å²) in [7, 11) is 1.40. The molecular weight excluding hydrogens is 496 g/mol. The molecule has 2 N–H and O–H groups in total. The van der Waals surface area contributed by atoms with Crippen molar-refractivity contribution in [1.29, 1.82) is 0 Å². The Hall–Kier alpha value is -4.42. The van der Waals surface area contributed by atoms with Gasteiger partial charge in [-0.05, 0) is 54.6 Å². The van der Waals surface area contributed by atoms with Crippen LogP contribution in [0.25, 0.3) is 0 Å². The smallest absolute Gasteiger partial charge is 0.416 e. The summed E-state index contributed by atoms with van der Waals surface area (Å²) in [4.78, 5) is 40.5. The molecule has 3 rings (SSSR count). The lowest BCUT2D eigenvalue weighted by molar-refractivity contribution is -0.143. The second-order valence-corrected chi connectivity index (χ2v) is 7.13. The predicted molar refractivity (Wildman–Crippen MR) is 114 cm³/mol. The number of amides is 2. The van der Waals surface area contributed by atoms with Gasteiger partial charge in [0.2, 0.25) is 0 Å². The number of nitrogens with zero attached hydrogens (tertiary/aromatic N) is 1. The number of benzene rings is 2. The van der Waals surface area contributed by atoms with Crippen molar-refractivity contribution in [1.82, 2.24) is 10.3 Å². The van der Waals surface area contributed by atoms with Gasteiger partial charge in [-0.3, -0.25) is 14.4 Å². The van der Waals surface area contributed by atoms with Crippen LogP contribution >= 0.6 is 0 Å². The van der Waals surface area contributed by atoms with E-state index in [0.717, 1.165) is 12.1 Å². The molecule has 0 atom stereocenters. The first kappa shape index (κ1) is 26.2. The van der Waals surface area contributed by atoms with E-state index in [2.05, 4.69) is 10.3 Å². The third kappa shape index (κ3) is 6.17. The number of ketones is 1. The van der Waals surface area contributed by atoms with Gasteiger partial charge >= 0.3 is 12.4 Å². The summed E-state index contributed by atoms with van der Waals surface area (Å²) in [6.45, 7) is 0. The monoisotopic (exact) mass is 511 g/mol. The number of alkyl halides is 6. The van der Waals surface area contributed by atoms with E-state index in [0.29, 0.717) is 0 Å². The van der Waals surface area contributed by atoms with Crippen LogP contribution in [-0.2, 0) is 17.1 Å². The topological polar surface area (TPSA) is 97.4 Å². The number of rotatable bonds is 6. The van der Waals surface area contributed by atoms with Crippen molar-refractivity contribution in [2.45, 2.75) is 12.4 Å². The first-order chi connectivity index (χ1) is 16.8. The first-order valence-corrected chi connectivity index (χ1v) is 9.90. The fourth-order valence-corrected chi connectivity index (χ4v) is 2.91. The highest BCUT2D eigenvalue weighted by atomic mass is 19.4. The maximum Gasteiger partial charge on any atom is 0.416 e. The van der Waals surface area contributed by atoms with Crippen molar-refractivity contribution in [3.05, 3.63) is 83.2 Å². The highest BCUT2D eigenvalue weighted by molar-refractivity contribution is 6.46. The Morgan fingerprint density at radius 2 is 1.44 bits per heavy atom. The molecule has 0 aliphatic heterocycles. The number of ether oxygens (including phenoxy) is 1. The van der Waals surface area contributed by atoms with E-state index in [9.17, 15) is 40.7 Å². The molecule has 0 spiro atoms. The summed E-state index contributed by atoms with van der Waals surface area (Å²) < 4.78 is 83.5. The molecule has 7 nitrogen and oxygen atoms in total. The van der Waals surface area contributed by atoms with Gasteiger partial charge in [-0.15, -0.1) is 0 Å². The number of carbonyl (C=O) groups excluding carboxylic acids is 3.